The third-order valence-corrected chi connectivity index (χ3v) is 6.44. The first-order chi connectivity index (χ1) is 17.8. The van der Waals surface area contributed by atoms with Gasteiger partial charge in [0.15, 0.2) is 0 Å². The molecule has 2 aromatic heterocycles. The van der Waals surface area contributed by atoms with Gasteiger partial charge in [-0.05, 0) is 30.3 Å². The average Bonchev–Trinajstić information content (AvgIpc) is 3.46. The molecule has 2 saturated heterocycles. The van der Waals surface area contributed by atoms with E-state index in [1.54, 1.807) is 12.1 Å². The third kappa shape index (κ3) is 5.69. The second-order valence-electron chi connectivity index (χ2n) is 8.88. The van der Waals surface area contributed by atoms with Crippen molar-refractivity contribution in [3.63, 3.8) is 0 Å². The van der Waals surface area contributed by atoms with Crippen LogP contribution in [0.1, 0.15) is 15.9 Å². The topological polar surface area (TPSA) is 111 Å². The number of carbonyl (C=O) groups excluding carboxylic acids is 1. The van der Waals surface area contributed by atoms with Crippen LogP contribution in [0, 0.1) is 0 Å². The number of fused-ring (bicyclic) bond motifs is 1. The Morgan fingerprint density at radius 1 is 1.16 bits per heavy atom. The Labute approximate surface area is 209 Å². The standard InChI is InChI=1S/C24H26F3N5O5/c25-24(26,27)16-2-4-21(28-12-16)32-19-11-15(1-3-17(19)30-23(32)34)22(33)29-18-13-36-14-20(18)37-10-7-31-5-8-35-9-6-31/h1-4,11-12,18,20H,5-10,13-14H2,(H,29,33)(H,30,34)/t18-,20-/m1/s1. The highest BCUT2D eigenvalue weighted by Crippen LogP contribution is 2.29. The lowest BCUT2D eigenvalue weighted by Crippen LogP contribution is -2.45. The number of carbonyl (C=O) groups is 1. The number of benzene rings is 1. The minimum atomic E-state index is -4.55. The summed E-state index contributed by atoms with van der Waals surface area (Å²) in [6.45, 7) is 5.07. The van der Waals surface area contributed by atoms with E-state index in [1.165, 1.54) is 6.07 Å². The smallest absolute Gasteiger partial charge is 0.379 e. The second kappa shape index (κ2) is 10.6. The third-order valence-electron chi connectivity index (χ3n) is 6.44. The highest BCUT2D eigenvalue weighted by atomic mass is 19.4. The number of H-pyrrole nitrogens is 1. The zero-order valence-corrected chi connectivity index (χ0v) is 19.8. The van der Waals surface area contributed by atoms with Crippen LogP contribution in [-0.2, 0) is 20.4 Å². The number of nitrogens with one attached hydrogen (secondary N) is 2. The van der Waals surface area contributed by atoms with Crippen molar-refractivity contribution in [2.45, 2.75) is 18.3 Å². The molecular formula is C24H26F3N5O5. The van der Waals surface area contributed by atoms with Gasteiger partial charge < -0.3 is 24.5 Å². The van der Waals surface area contributed by atoms with Crippen molar-refractivity contribution in [2.24, 2.45) is 0 Å². The number of morpholine rings is 1. The predicted octanol–water partition coefficient (Wildman–Crippen LogP) is 1.58. The largest absolute Gasteiger partial charge is 0.417 e. The molecule has 1 aromatic carbocycles. The van der Waals surface area contributed by atoms with Gasteiger partial charge in [-0.1, -0.05) is 0 Å². The van der Waals surface area contributed by atoms with E-state index < -0.39 is 17.4 Å². The number of halogens is 3. The quantitative estimate of drug-likeness (QED) is 0.486. The summed E-state index contributed by atoms with van der Waals surface area (Å²) >= 11 is 0. The monoisotopic (exact) mass is 521 g/mol. The molecule has 2 aliphatic rings. The number of hydrogen-bond acceptors (Lipinski definition) is 7. The average molecular weight is 521 g/mol. The molecule has 10 nitrogen and oxygen atoms in total. The van der Waals surface area contributed by atoms with Crippen molar-refractivity contribution in [3.05, 3.63) is 58.1 Å². The lowest BCUT2D eigenvalue weighted by molar-refractivity contribution is -0.137. The Kier molecular flexibility index (Phi) is 7.29. The van der Waals surface area contributed by atoms with Crippen molar-refractivity contribution in [3.8, 4) is 5.82 Å². The number of amides is 1. The fourth-order valence-electron chi connectivity index (χ4n) is 4.40. The van der Waals surface area contributed by atoms with E-state index in [0.29, 0.717) is 50.3 Å². The molecule has 198 valence electrons. The molecule has 0 radical (unpaired) electrons. The molecule has 3 aromatic rings. The van der Waals surface area contributed by atoms with Gasteiger partial charge in [-0.3, -0.25) is 9.69 Å². The molecular weight excluding hydrogens is 495 g/mol. The summed E-state index contributed by atoms with van der Waals surface area (Å²) in [4.78, 5) is 34.3. The van der Waals surface area contributed by atoms with Crippen LogP contribution < -0.4 is 11.0 Å². The van der Waals surface area contributed by atoms with Crippen LogP contribution in [0.15, 0.2) is 41.3 Å². The van der Waals surface area contributed by atoms with E-state index in [-0.39, 0.29) is 29.4 Å². The fourth-order valence-corrected chi connectivity index (χ4v) is 4.40. The lowest BCUT2D eigenvalue weighted by atomic mass is 10.1. The minimum Gasteiger partial charge on any atom is -0.379 e. The SMILES string of the molecule is O=C(N[C@@H]1COC[C@H]1OCCN1CCOCC1)c1ccc2[nH]c(=O)n(-c3ccc(C(F)(F)F)cn3)c2c1. The van der Waals surface area contributed by atoms with Crippen molar-refractivity contribution in [1.29, 1.82) is 0 Å². The highest BCUT2D eigenvalue weighted by Gasteiger charge is 2.32. The maximum absolute atomic E-state index is 13.0. The molecule has 37 heavy (non-hydrogen) atoms. The van der Waals surface area contributed by atoms with Gasteiger partial charge in [0.2, 0.25) is 0 Å². The van der Waals surface area contributed by atoms with Gasteiger partial charge in [0, 0.05) is 31.4 Å². The number of nitrogens with zero attached hydrogens (tertiary/aromatic N) is 3. The number of aromatic amines is 1. The molecule has 4 heterocycles. The van der Waals surface area contributed by atoms with E-state index in [1.807, 2.05) is 0 Å². The van der Waals surface area contributed by atoms with E-state index in [4.69, 9.17) is 14.2 Å². The van der Waals surface area contributed by atoms with Crippen LogP contribution in [0.4, 0.5) is 13.2 Å². The van der Waals surface area contributed by atoms with Gasteiger partial charge in [-0.15, -0.1) is 0 Å². The van der Waals surface area contributed by atoms with E-state index in [0.717, 1.165) is 36.3 Å². The molecule has 1 amide bonds. The molecule has 0 aliphatic carbocycles. The van der Waals surface area contributed by atoms with E-state index >= 15 is 0 Å². The molecule has 2 N–H and O–H groups in total. The van der Waals surface area contributed by atoms with Crippen molar-refractivity contribution in [1.82, 2.24) is 24.8 Å². The van der Waals surface area contributed by atoms with Crippen molar-refractivity contribution in [2.75, 3.05) is 52.7 Å². The second-order valence-corrected chi connectivity index (χ2v) is 8.88. The zero-order valence-electron chi connectivity index (χ0n) is 19.8. The molecule has 2 aliphatic heterocycles. The lowest BCUT2D eigenvalue weighted by Gasteiger charge is -2.27. The fraction of sp³-hybridized carbons (Fsp3) is 0.458. The molecule has 2 fully saturated rings. The van der Waals surface area contributed by atoms with Crippen LogP contribution in [0.5, 0.6) is 0 Å². The first-order valence-electron chi connectivity index (χ1n) is 11.9. The van der Waals surface area contributed by atoms with Gasteiger partial charge in [-0.2, -0.15) is 13.2 Å². The van der Waals surface area contributed by atoms with E-state index in [2.05, 4.69) is 20.2 Å². The van der Waals surface area contributed by atoms with Crippen LogP contribution in [0.2, 0.25) is 0 Å². The Balaban J connectivity index is 1.28. The number of aromatic nitrogens is 3. The van der Waals surface area contributed by atoms with Gasteiger partial charge in [0.1, 0.15) is 11.9 Å². The molecule has 5 rings (SSSR count). The normalized spacial score (nSPS) is 20.9. The maximum Gasteiger partial charge on any atom is 0.417 e. The summed E-state index contributed by atoms with van der Waals surface area (Å²) in [6, 6.07) is 6.22. The molecule has 2 atom stereocenters. The first kappa shape index (κ1) is 25.4. The number of ether oxygens (including phenoxy) is 3. The highest BCUT2D eigenvalue weighted by molar-refractivity contribution is 5.97. The number of imidazole rings is 1. The van der Waals surface area contributed by atoms with Gasteiger partial charge >= 0.3 is 11.9 Å². The van der Waals surface area contributed by atoms with Crippen LogP contribution in [0.3, 0.4) is 0 Å². The van der Waals surface area contributed by atoms with Crippen LogP contribution in [0.25, 0.3) is 16.9 Å². The minimum absolute atomic E-state index is 0.000247. The number of pyridine rings is 1. The van der Waals surface area contributed by atoms with Gasteiger partial charge in [0.05, 0.1) is 55.7 Å². The van der Waals surface area contributed by atoms with Crippen molar-refractivity contribution >= 4 is 16.9 Å². The zero-order chi connectivity index (χ0) is 26.0. The predicted molar refractivity (Wildman–Crippen MR) is 126 cm³/mol. The summed E-state index contributed by atoms with van der Waals surface area (Å²) in [6.07, 6.45) is -4.18. The molecule has 13 heteroatoms. The number of rotatable bonds is 7. The molecule has 0 bridgehead atoms. The molecule has 0 unspecified atom stereocenters. The van der Waals surface area contributed by atoms with Gasteiger partial charge in [0.25, 0.3) is 5.91 Å². The Morgan fingerprint density at radius 3 is 2.70 bits per heavy atom. The summed E-state index contributed by atoms with van der Waals surface area (Å²) in [5.41, 5.74) is -0.517. The molecule has 0 spiro atoms. The Hall–Kier alpha value is -3.26. The van der Waals surface area contributed by atoms with E-state index in [9.17, 15) is 22.8 Å². The van der Waals surface area contributed by atoms with Crippen molar-refractivity contribution < 1.29 is 32.2 Å². The summed E-state index contributed by atoms with van der Waals surface area (Å²) in [7, 11) is 0. The number of alkyl halides is 3. The number of hydrogen-bond donors (Lipinski definition) is 2. The summed E-state index contributed by atoms with van der Waals surface area (Å²) in [5, 5.41) is 2.93. The Bertz CT molecular complexity index is 1300. The van der Waals surface area contributed by atoms with Gasteiger partial charge in [-0.25, -0.2) is 14.3 Å². The maximum atomic E-state index is 13.0. The summed E-state index contributed by atoms with van der Waals surface area (Å²) < 4.78 is 56.7. The summed E-state index contributed by atoms with van der Waals surface area (Å²) in [5.74, 6) is -0.389. The first-order valence-corrected chi connectivity index (χ1v) is 11.9. The Morgan fingerprint density at radius 2 is 1.97 bits per heavy atom. The van der Waals surface area contributed by atoms with Crippen LogP contribution in [-0.4, -0.2) is 90.2 Å². The van der Waals surface area contributed by atoms with Crippen LogP contribution >= 0.6 is 0 Å². The molecule has 0 saturated carbocycles.